The first-order valence-electron chi connectivity index (χ1n) is 6.48. The number of hydrogen-bond donors (Lipinski definition) is 1. The number of hydrogen-bond acceptors (Lipinski definition) is 2. The van der Waals surface area contributed by atoms with Crippen molar-refractivity contribution in [2.75, 3.05) is 6.61 Å². The first kappa shape index (κ1) is 13.9. The van der Waals surface area contributed by atoms with Gasteiger partial charge < -0.3 is 9.84 Å². The van der Waals surface area contributed by atoms with Gasteiger partial charge in [0.1, 0.15) is 11.5 Å². The minimum atomic E-state index is 0.436. The quantitative estimate of drug-likeness (QED) is 0.781. The van der Waals surface area contributed by atoms with Gasteiger partial charge in [-0.25, -0.2) is 0 Å². The molecule has 0 fully saturated rings. The summed E-state index contributed by atoms with van der Waals surface area (Å²) in [4.78, 5) is 0. The second-order valence-electron chi connectivity index (χ2n) is 4.59. The SMILES string of the molecule is CCCCOc1c(C)c(C)c(O)c(CC)c1C. The van der Waals surface area contributed by atoms with E-state index in [0.29, 0.717) is 5.75 Å². The Bertz CT molecular complexity index is 395. The maximum absolute atomic E-state index is 10.1. The van der Waals surface area contributed by atoms with Crippen molar-refractivity contribution in [1.29, 1.82) is 0 Å². The molecule has 0 aliphatic carbocycles. The van der Waals surface area contributed by atoms with Crippen LogP contribution in [0.3, 0.4) is 0 Å². The van der Waals surface area contributed by atoms with Crippen molar-refractivity contribution in [3.63, 3.8) is 0 Å². The van der Waals surface area contributed by atoms with Crippen LogP contribution in [0, 0.1) is 20.8 Å². The molecule has 2 heteroatoms. The van der Waals surface area contributed by atoms with Gasteiger partial charge in [0.2, 0.25) is 0 Å². The molecule has 1 aromatic carbocycles. The Kier molecular flexibility index (Phi) is 4.86. The highest BCUT2D eigenvalue weighted by Crippen LogP contribution is 2.37. The molecule has 1 N–H and O–H groups in total. The third-order valence-electron chi connectivity index (χ3n) is 3.44. The van der Waals surface area contributed by atoms with Crippen LogP contribution >= 0.6 is 0 Å². The fourth-order valence-corrected chi connectivity index (χ4v) is 2.14. The first-order chi connectivity index (χ1) is 8.04. The normalized spacial score (nSPS) is 10.6. The maximum atomic E-state index is 10.1. The Hall–Kier alpha value is -1.18. The minimum absolute atomic E-state index is 0.436. The van der Waals surface area contributed by atoms with Gasteiger partial charge in [-0.15, -0.1) is 0 Å². The Morgan fingerprint density at radius 3 is 2.18 bits per heavy atom. The zero-order valence-electron chi connectivity index (χ0n) is 11.7. The smallest absolute Gasteiger partial charge is 0.125 e. The predicted molar refractivity (Wildman–Crippen MR) is 72.1 cm³/mol. The van der Waals surface area contributed by atoms with Crippen LogP contribution in [-0.4, -0.2) is 11.7 Å². The zero-order valence-corrected chi connectivity index (χ0v) is 11.7. The van der Waals surface area contributed by atoms with Crippen molar-refractivity contribution in [2.45, 2.75) is 53.9 Å². The van der Waals surface area contributed by atoms with E-state index in [1.807, 2.05) is 20.8 Å². The first-order valence-corrected chi connectivity index (χ1v) is 6.48. The molecule has 96 valence electrons. The van der Waals surface area contributed by atoms with Crippen molar-refractivity contribution in [2.24, 2.45) is 0 Å². The topological polar surface area (TPSA) is 29.5 Å². The van der Waals surface area contributed by atoms with Gasteiger partial charge in [-0.1, -0.05) is 20.3 Å². The number of phenols is 1. The van der Waals surface area contributed by atoms with Crippen LogP contribution in [-0.2, 0) is 6.42 Å². The number of benzene rings is 1. The number of aromatic hydroxyl groups is 1. The van der Waals surface area contributed by atoms with Crippen LogP contribution in [0.4, 0.5) is 0 Å². The minimum Gasteiger partial charge on any atom is -0.507 e. The predicted octanol–water partition coefficient (Wildman–Crippen LogP) is 4.06. The van der Waals surface area contributed by atoms with Crippen LogP contribution in [0.5, 0.6) is 11.5 Å². The molecule has 0 amide bonds. The highest BCUT2D eigenvalue weighted by Gasteiger charge is 2.16. The van der Waals surface area contributed by atoms with Gasteiger partial charge in [-0.3, -0.25) is 0 Å². The fourth-order valence-electron chi connectivity index (χ4n) is 2.14. The molecule has 0 aliphatic heterocycles. The molecule has 0 bridgehead atoms. The molecule has 0 spiro atoms. The molecule has 0 atom stereocenters. The van der Waals surface area contributed by atoms with Crippen LogP contribution in [0.2, 0.25) is 0 Å². The monoisotopic (exact) mass is 236 g/mol. The molecular formula is C15H24O2. The Morgan fingerprint density at radius 2 is 1.65 bits per heavy atom. The van der Waals surface area contributed by atoms with Gasteiger partial charge >= 0.3 is 0 Å². The van der Waals surface area contributed by atoms with Crippen LogP contribution in [0.25, 0.3) is 0 Å². The lowest BCUT2D eigenvalue weighted by molar-refractivity contribution is 0.304. The van der Waals surface area contributed by atoms with E-state index in [1.54, 1.807) is 0 Å². The third kappa shape index (κ3) is 2.74. The number of unbranched alkanes of at least 4 members (excludes halogenated alkanes) is 1. The van der Waals surface area contributed by atoms with E-state index < -0.39 is 0 Å². The van der Waals surface area contributed by atoms with Gasteiger partial charge in [-0.05, 0) is 50.3 Å². The van der Waals surface area contributed by atoms with Gasteiger partial charge in [0.05, 0.1) is 6.61 Å². The summed E-state index contributed by atoms with van der Waals surface area (Å²) in [6, 6.07) is 0. The van der Waals surface area contributed by atoms with Crippen LogP contribution in [0.15, 0.2) is 0 Å². The second kappa shape index (κ2) is 5.95. The van der Waals surface area contributed by atoms with Crippen molar-refractivity contribution in [1.82, 2.24) is 0 Å². The zero-order chi connectivity index (χ0) is 13.0. The van der Waals surface area contributed by atoms with E-state index in [-0.39, 0.29) is 0 Å². The lowest BCUT2D eigenvalue weighted by atomic mass is 9.96. The molecule has 0 saturated carbocycles. The molecule has 17 heavy (non-hydrogen) atoms. The van der Waals surface area contributed by atoms with E-state index in [2.05, 4.69) is 13.8 Å². The van der Waals surface area contributed by atoms with Gasteiger partial charge in [0.15, 0.2) is 0 Å². The van der Waals surface area contributed by atoms with Crippen molar-refractivity contribution in [3.05, 3.63) is 22.3 Å². The summed E-state index contributed by atoms with van der Waals surface area (Å²) in [7, 11) is 0. The number of rotatable bonds is 5. The fraction of sp³-hybridized carbons (Fsp3) is 0.600. The van der Waals surface area contributed by atoms with E-state index in [1.165, 1.54) is 0 Å². The van der Waals surface area contributed by atoms with Crippen molar-refractivity contribution >= 4 is 0 Å². The summed E-state index contributed by atoms with van der Waals surface area (Å²) in [5.41, 5.74) is 4.11. The molecule has 1 rings (SSSR count). The van der Waals surface area contributed by atoms with Gasteiger partial charge in [-0.2, -0.15) is 0 Å². The van der Waals surface area contributed by atoms with Crippen LogP contribution in [0.1, 0.15) is 48.9 Å². The molecular weight excluding hydrogens is 212 g/mol. The highest BCUT2D eigenvalue weighted by molar-refractivity contribution is 5.57. The van der Waals surface area contributed by atoms with E-state index in [0.717, 1.165) is 53.9 Å². The van der Waals surface area contributed by atoms with Crippen molar-refractivity contribution in [3.8, 4) is 11.5 Å². The van der Waals surface area contributed by atoms with Gasteiger partial charge in [0, 0.05) is 5.56 Å². The van der Waals surface area contributed by atoms with E-state index in [4.69, 9.17) is 4.74 Å². The number of ether oxygens (including phenoxy) is 1. The molecule has 0 saturated heterocycles. The number of phenolic OH excluding ortho intramolecular Hbond substituents is 1. The Labute approximate surface area is 105 Å². The molecule has 1 aromatic rings. The average Bonchev–Trinajstić information content (AvgIpc) is 2.32. The Morgan fingerprint density at radius 1 is 1.00 bits per heavy atom. The average molecular weight is 236 g/mol. The molecule has 0 heterocycles. The molecule has 0 aliphatic rings. The lowest BCUT2D eigenvalue weighted by Gasteiger charge is -2.19. The lowest BCUT2D eigenvalue weighted by Crippen LogP contribution is -2.04. The Balaban J connectivity index is 3.15. The largest absolute Gasteiger partial charge is 0.507 e. The molecule has 0 radical (unpaired) electrons. The van der Waals surface area contributed by atoms with E-state index >= 15 is 0 Å². The van der Waals surface area contributed by atoms with E-state index in [9.17, 15) is 5.11 Å². The standard InChI is InChI=1S/C15H24O2/c1-6-8-9-17-15-11(4)10(3)14(16)13(7-2)12(15)5/h16H,6-9H2,1-5H3. The summed E-state index contributed by atoms with van der Waals surface area (Å²) >= 11 is 0. The van der Waals surface area contributed by atoms with Crippen molar-refractivity contribution < 1.29 is 9.84 Å². The maximum Gasteiger partial charge on any atom is 0.125 e. The third-order valence-corrected chi connectivity index (χ3v) is 3.44. The summed E-state index contributed by atoms with van der Waals surface area (Å²) in [6.45, 7) is 11.0. The summed E-state index contributed by atoms with van der Waals surface area (Å²) in [5.74, 6) is 1.40. The summed E-state index contributed by atoms with van der Waals surface area (Å²) in [5, 5.41) is 10.1. The van der Waals surface area contributed by atoms with Crippen LogP contribution < -0.4 is 4.74 Å². The summed E-state index contributed by atoms with van der Waals surface area (Å²) in [6.07, 6.45) is 3.04. The molecule has 2 nitrogen and oxygen atoms in total. The molecule has 0 unspecified atom stereocenters. The second-order valence-corrected chi connectivity index (χ2v) is 4.59. The molecule has 0 aromatic heterocycles. The van der Waals surface area contributed by atoms with Gasteiger partial charge in [0.25, 0.3) is 0 Å². The highest BCUT2D eigenvalue weighted by atomic mass is 16.5. The summed E-state index contributed by atoms with van der Waals surface area (Å²) < 4.78 is 5.88.